The SMILES string of the molecule is CCCCCCCCCCCCCCCCCCCCCC(=O)NC(CO)C(O)C=CCCCCCCCCC(C)CC. The number of hydrogen-bond acceptors (Lipinski definition) is 3. The molecular weight excluding hydrogens is 530 g/mol. The van der Waals surface area contributed by atoms with Gasteiger partial charge in [0.15, 0.2) is 0 Å². The summed E-state index contributed by atoms with van der Waals surface area (Å²) >= 11 is 0. The summed E-state index contributed by atoms with van der Waals surface area (Å²) in [5, 5.41) is 22.9. The monoisotopic (exact) mass is 608 g/mol. The summed E-state index contributed by atoms with van der Waals surface area (Å²) in [5.41, 5.74) is 0. The molecule has 4 nitrogen and oxygen atoms in total. The van der Waals surface area contributed by atoms with Crippen molar-refractivity contribution < 1.29 is 15.0 Å². The maximum absolute atomic E-state index is 12.3. The van der Waals surface area contributed by atoms with Crippen molar-refractivity contribution in [2.24, 2.45) is 5.92 Å². The summed E-state index contributed by atoms with van der Waals surface area (Å²) in [6, 6.07) is -0.616. The molecule has 4 heteroatoms. The maximum Gasteiger partial charge on any atom is 0.220 e. The smallest absolute Gasteiger partial charge is 0.220 e. The highest BCUT2D eigenvalue weighted by Crippen LogP contribution is 2.16. The highest BCUT2D eigenvalue weighted by molar-refractivity contribution is 5.76. The molecule has 0 radical (unpaired) electrons. The molecule has 0 saturated heterocycles. The van der Waals surface area contributed by atoms with Gasteiger partial charge in [0.25, 0.3) is 0 Å². The summed E-state index contributed by atoms with van der Waals surface area (Å²) in [4.78, 5) is 12.3. The molecule has 0 aliphatic heterocycles. The minimum absolute atomic E-state index is 0.0631. The van der Waals surface area contributed by atoms with Gasteiger partial charge in [-0.15, -0.1) is 0 Å². The molecule has 0 saturated carbocycles. The number of allylic oxidation sites excluding steroid dienone is 1. The van der Waals surface area contributed by atoms with Crippen LogP contribution in [0, 0.1) is 5.92 Å². The summed E-state index contributed by atoms with van der Waals surface area (Å²) in [6.07, 6.45) is 40.1. The minimum atomic E-state index is -0.834. The molecule has 0 spiro atoms. The number of rotatable bonds is 34. The predicted molar refractivity (Wildman–Crippen MR) is 189 cm³/mol. The van der Waals surface area contributed by atoms with Crippen LogP contribution in [-0.4, -0.2) is 34.9 Å². The van der Waals surface area contributed by atoms with Gasteiger partial charge in [-0.25, -0.2) is 0 Å². The van der Waals surface area contributed by atoms with Crippen LogP contribution in [0.1, 0.15) is 207 Å². The first-order valence-electron chi connectivity index (χ1n) is 19.3. The second-order valence-corrected chi connectivity index (χ2v) is 13.6. The van der Waals surface area contributed by atoms with Gasteiger partial charge in [-0.2, -0.15) is 0 Å². The molecule has 0 aromatic rings. The normalized spacial score (nSPS) is 13.9. The van der Waals surface area contributed by atoms with Gasteiger partial charge in [-0.3, -0.25) is 4.79 Å². The third kappa shape index (κ3) is 30.9. The van der Waals surface area contributed by atoms with E-state index in [0.717, 1.165) is 31.6 Å². The second-order valence-electron chi connectivity index (χ2n) is 13.6. The number of aliphatic hydroxyl groups is 2. The van der Waals surface area contributed by atoms with E-state index in [2.05, 4.69) is 26.1 Å². The van der Waals surface area contributed by atoms with Crippen LogP contribution >= 0.6 is 0 Å². The third-order valence-corrected chi connectivity index (χ3v) is 9.31. The molecular formula is C39H77NO3. The Balaban J connectivity index is 3.56. The lowest BCUT2D eigenvalue weighted by Gasteiger charge is -2.20. The van der Waals surface area contributed by atoms with Crippen molar-refractivity contribution in [1.29, 1.82) is 0 Å². The van der Waals surface area contributed by atoms with Crippen LogP contribution in [0.15, 0.2) is 12.2 Å². The molecule has 3 atom stereocenters. The number of carbonyl (C=O) groups excluding carboxylic acids is 1. The average Bonchev–Trinajstić information content (AvgIpc) is 3.01. The molecule has 0 fully saturated rings. The largest absolute Gasteiger partial charge is 0.394 e. The van der Waals surface area contributed by atoms with Gasteiger partial charge >= 0.3 is 0 Å². The Morgan fingerprint density at radius 2 is 1.05 bits per heavy atom. The first kappa shape index (κ1) is 42.1. The summed E-state index contributed by atoms with van der Waals surface area (Å²) in [7, 11) is 0. The number of aliphatic hydroxyl groups excluding tert-OH is 2. The minimum Gasteiger partial charge on any atom is -0.394 e. The Labute approximate surface area is 269 Å². The molecule has 0 heterocycles. The van der Waals surface area contributed by atoms with Crippen LogP contribution < -0.4 is 5.32 Å². The van der Waals surface area contributed by atoms with Gasteiger partial charge in [0.2, 0.25) is 5.91 Å². The summed E-state index contributed by atoms with van der Waals surface area (Å²) < 4.78 is 0. The van der Waals surface area contributed by atoms with Crippen molar-refractivity contribution in [3.8, 4) is 0 Å². The van der Waals surface area contributed by atoms with Crippen molar-refractivity contribution in [2.45, 2.75) is 219 Å². The van der Waals surface area contributed by atoms with Crippen LogP contribution in [0.5, 0.6) is 0 Å². The van der Waals surface area contributed by atoms with Crippen molar-refractivity contribution in [3.05, 3.63) is 12.2 Å². The maximum atomic E-state index is 12.3. The number of carbonyl (C=O) groups is 1. The Kier molecular flexibility index (Phi) is 33.3. The Hall–Kier alpha value is -0.870. The molecule has 43 heavy (non-hydrogen) atoms. The fourth-order valence-electron chi connectivity index (χ4n) is 5.92. The lowest BCUT2D eigenvalue weighted by molar-refractivity contribution is -0.123. The van der Waals surface area contributed by atoms with E-state index in [9.17, 15) is 15.0 Å². The molecule has 0 rings (SSSR count). The molecule has 0 aromatic heterocycles. The average molecular weight is 608 g/mol. The Bertz CT molecular complexity index is 593. The van der Waals surface area contributed by atoms with Gasteiger partial charge in [0.05, 0.1) is 18.8 Å². The van der Waals surface area contributed by atoms with E-state index < -0.39 is 12.1 Å². The quantitative estimate of drug-likeness (QED) is 0.0503. The standard InChI is InChI=1S/C39H77NO3/c1-4-6-7-8-9-10-11-12-13-14-15-16-17-18-19-20-25-28-31-34-39(43)40-37(35-41)38(42)33-30-27-24-22-21-23-26-29-32-36(3)5-2/h30,33,36-38,41-42H,4-29,31-32,34-35H2,1-3H3,(H,40,43). The highest BCUT2D eigenvalue weighted by Gasteiger charge is 2.17. The Morgan fingerprint density at radius 3 is 1.49 bits per heavy atom. The van der Waals surface area contributed by atoms with Crippen LogP contribution in [0.25, 0.3) is 0 Å². The van der Waals surface area contributed by atoms with Gasteiger partial charge < -0.3 is 15.5 Å². The van der Waals surface area contributed by atoms with Gasteiger partial charge in [0.1, 0.15) is 0 Å². The van der Waals surface area contributed by atoms with Gasteiger partial charge in [0, 0.05) is 6.42 Å². The van der Waals surface area contributed by atoms with Crippen molar-refractivity contribution in [2.75, 3.05) is 6.61 Å². The van der Waals surface area contributed by atoms with Crippen LogP contribution in [0.2, 0.25) is 0 Å². The van der Waals surface area contributed by atoms with E-state index in [1.54, 1.807) is 6.08 Å². The third-order valence-electron chi connectivity index (χ3n) is 9.31. The summed E-state index contributed by atoms with van der Waals surface area (Å²) in [6.45, 7) is 6.66. The molecule has 0 bridgehead atoms. The summed E-state index contributed by atoms with van der Waals surface area (Å²) in [5.74, 6) is 0.800. The lowest BCUT2D eigenvalue weighted by atomic mass is 10.00. The topological polar surface area (TPSA) is 69.6 Å². The van der Waals surface area contributed by atoms with Crippen molar-refractivity contribution >= 4 is 5.91 Å². The van der Waals surface area contributed by atoms with Crippen LogP contribution in [0.3, 0.4) is 0 Å². The van der Waals surface area contributed by atoms with E-state index in [0.29, 0.717) is 6.42 Å². The highest BCUT2D eigenvalue weighted by atomic mass is 16.3. The fraction of sp³-hybridized carbons (Fsp3) is 0.923. The van der Waals surface area contributed by atoms with E-state index in [4.69, 9.17) is 0 Å². The number of unbranched alkanes of at least 4 members (excludes halogenated alkanes) is 24. The Morgan fingerprint density at radius 1 is 0.628 bits per heavy atom. The molecule has 256 valence electrons. The van der Waals surface area contributed by atoms with Crippen molar-refractivity contribution in [3.63, 3.8) is 0 Å². The fourth-order valence-corrected chi connectivity index (χ4v) is 5.92. The van der Waals surface area contributed by atoms with E-state index in [1.807, 2.05) is 6.08 Å². The van der Waals surface area contributed by atoms with Gasteiger partial charge in [-0.05, 0) is 25.2 Å². The first-order valence-corrected chi connectivity index (χ1v) is 19.3. The van der Waals surface area contributed by atoms with E-state index >= 15 is 0 Å². The zero-order valence-corrected chi connectivity index (χ0v) is 29.4. The van der Waals surface area contributed by atoms with Gasteiger partial charge in [-0.1, -0.05) is 193 Å². The van der Waals surface area contributed by atoms with E-state index in [-0.39, 0.29) is 12.5 Å². The van der Waals surface area contributed by atoms with Crippen LogP contribution in [-0.2, 0) is 4.79 Å². The number of nitrogens with one attached hydrogen (secondary N) is 1. The molecule has 0 aromatic carbocycles. The molecule has 3 unspecified atom stereocenters. The molecule has 0 aliphatic carbocycles. The van der Waals surface area contributed by atoms with E-state index in [1.165, 1.54) is 154 Å². The molecule has 1 amide bonds. The number of amides is 1. The zero-order chi connectivity index (χ0) is 31.6. The molecule has 0 aliphatic rings. The van der Waals surface area contributed by atoms with Crippen LogP contribution in [0.4, 0.5) is 0 Å². The second kappa shape index (κ2) is 34.0. The van der Waals surface area contributed by atoms with Crippen molar-refractivity contribution in [1.82, 2.24) is 5.32 Å². The first-order chi connectivity index (χ1) is 21.0. The molecule has 3 N–H and O–H groups in total. The predicted octanol–water partition coefficient (Wildman–Crippen LogP) is 11.4. The number of hydrogen-bond donors (Lipinski definition) is 3. The zero-order valence-electron chi connectivity index (χ0n) is 29.4. The lowest BCUT2D eigenvalue weighted by Crippen LogP contribution is -2.45.